The van der Waals surface area contributed by atoms with Gasteiger partial charge in [0.2, 0.25) is 0 Å². The van der Waals surface area contributed by atoms with Crippen LogP contribution in [0.4, 0.5) is 0 Å². The summed E-state index contributed by atoms with van der Waals surface area (Å²) in [7, 11) is -1.32. The number of hydrogen-bond donors (Lipinski definition) is 5. The van der Waals surface area contributed by atoms with Gasteiger partial charge in [0.05, 0.1) is 0 Å². The Hall–Kier alpha value is -0.0451. The first-order chi connectivity index (χ1) is 8.47. The third-order valence-electron chi connectivity index (χ3n) is 3.77. The van der Waals surface area contributed by atoms with E-state index in [0.717, 1.165) is 25.9 Å². The van der Waals surface area contributed by atoms with E-state index in [-0.39, 0.29) is 37.1 Å². The summed E-state index contributed by atoms with van der Waals surface area (Å²) in [5.41, 5.74) is 4.90. The largest absolute Gasteiger partial charge is 0.480 e. The number of carbonyl (C=O) groups is 1. The summed E-state index contributed by atoms with van der Waals surface area (Å²) in [5.74, 6) is -0.950. The van der Waals surface area contributed by atoms with Gasteiger partial charge in [0, 0.05) is 0 Å². The zero-order valence-electron chi connectivity index (χ0n) is 11.5. The van der Waals surface area contributed by atoms with Crippen LogP contribution < -0.4 is 11.1 Å². The number of aliphatic carboxylic acids is 1. The Kier molecular flexibility index (Phi) is 11.8. The molecule has 0 aliphatic carbocycles. The molecule has 1 aliphatic heterocycles. The molecule has 1 saturated heterocycles. The lowest BCUT2D eigenvalue weighted by Gasteiger charge is -2.36. The maximum absolute atomic E-state index is 11.4. The van der Waals surface area contributed by atoms with E-state index in [2.05, 4.69) is 5.32 Å². The molecule has 1 aliphatic rings. The molecule has 0 radical (unpaired) electrons. The summed E-state index contributed by atoms with van der Waals surface area (Å²) < 4.78 is 0. The van der Waals surface area contributed by atoms with Gasteiger partial charge >= 0.3 is 13.1 Å². The normalized spacial score (nSPS) is 18.4. The molecule has 0 aromatic carbocycles. The molecular formula is C11H25BCl2N2O4. The maximum Gasteiger partial charge on any atom is 0.451 e. The van der Waals surface area contributed by atoms with Crippen LogP contribution in [-0.2, 0) is 4.79 Å². The zero-order valence-corrected chi connectivity index (χ0v) is 13.1. The van der Waals surface area contributed by atoms with E-state index in [0.29, 0.717) is 19.3 Å². The molecule has 6 nitrogen and oxygen atoms in total. The molecule has 1 unspecified atom stereocenters. The van der Waals surface area contributed by atoms with Gasteiger partial charge in [0.15, 0.2) is 0 Å². The second-order valence-electron chi connectivity index (χ2n) is 5.10. The lowest BCUT2D eigenvalue weighted by Crippen LogP contribution is -2.56. The molecule has 0 bridgehead atoms. The topological polar surface area (TPSA) is 116 Å². The predicted octanol–water partition coefficient (Wildman–Crippen LogP) is 0.255. The van der Waals surface area contributed by atoms with Crippen molar-refractivity contribution in [1.82, 2.24) is 5.32 Å². The predicted molar refractivity (Wildman–Crippen MR) is 83.5 cm³/mol. The number of carboxylic acid groups (broad SMARTS) is 1. The first-order valence-electron chi connectivity index (χ1n) is 6.56. The number of piperidine rings is 1. The summed E-state index contributed by atoms with van der Waals surface area (Å²) in [6, 6.07) is 0. The molecule has 0 aromatic rings. The van der Waals surface area contributed by atoms with Gasteiger partial charge in [-0.3, -0.25) is 4.79 Å². The molecule has 1 fully saturated rings. The third kappa shape index (κ3) is 6.60. The van der Waals surface area contributed by atoms with Crippen LogP contribution in [0.15, 0.2) is 0 Å². The van der Waals surface area contributed by atoms with E-state index in [1.54, 1.807) is 0 Å². The molecule has 1 atom stereocenters. The van der Waals surface area contributed by atoms with Crippen molar-refractivity contribution in [2.24, 2.45) is 11.7 Å². The Morgan fingerprint density at radius 3 is 2.25 bits per heavy atom. The van der Waals surface area contributed by atoms with Crippen LogP contribution in [0.5, 0.6) is 0 Å². The lowest BCUT2D eigenvalue weighted by molar-refractivity contribution is -0.146. The zero-order chi connectivity index (χ0) is 13.6. The second kappa shape index (κ2) is 10.6. The fourth-order valence-corrected chi connectivity index (χ4v) is 2.57. The van der Waals surface area contributed by atoms with Gasteiger partial charge in [-0.2, -0.15) is 0 Å². The molecule has 6 N–H and O–H groups in total. The van der Waals surface area contributed by atoms with Crippen molar-refractivity contribution in [2.75, 3.05) is 13.1 Å². The smallest absolute Gasteiger partial charge is 0.451 e. The number of unbranched alkanes of at least 4 members (excludes halogenated alkanes) is 1. The molecule has 0 spiro atoms. The van der Waals surface area contributed by atoms with Crippen LogP contribution in [0.3, 0.4) is 0 Å². The Morgan fingerprint density at radius 1 is 1.25 bits per heavy atom. The molecule has 1 heterocycles. The lowest BCUT2D eigenvalue weighted by atomic mass is 9.74. The van der Waals surface area contributed by atoms with Crippen LogP contribution in [-0.4, -0.2) is 46.9 Å². The minimum Gasteiger partial charge on any atom is -0.480 e. The summed E-state index contributed by atoms with van der Waals surface area (Å²) in [6.45, 7) is 1.62. The van der Waals surface area contributed by atoms with Crippen molar-refractivity contribution in [3.63, 3.8) is 0 Å². The highest BCUT2D eigenvalue weighted by atomic mass is 35.5. The van der Waals surface area contributed by atoms with Gasteiger partial charge in [-0.15, -0.1) is 24.8 Å². The fourth-order valence-electron chi connectivity index (χ4n) is 2.57. The summed E-state index contributed by atoms with van der Waals surface area (Å²) >= 11 is 0. The highest BCUT2D eigenvalue weighted by Crippen LogP contribution is 2.29. The van der Waals surface area contributed by atoms with Gasteiger partial charge in [-0.1, -0.05) is 12.8 Å². The first kappa shape index (κ1) is 22.2. The van der Waals surface area contributed by atoms with Crippen molar-refractivity contribution >= 4 is 37.9 Å². The van der Waals surface area contributed by atoms with E-state index < -0.39 is 18.6 Å². The average molecular weight is 331 g/mol. The Labute approximate surface area is 132 Å². The second-order valence-corrected chi connectivity index (χ2v) is 5.10. The van der Waals surface area contributed by atoms with Crippen molar-refractivity contribution in [3.8, 4) is 0 Å². The molecule has 0 aromatic heterocycles. The van der Waals surface area contributed by atoms with E-state index in [1.165, 1.54) is 0 Å². The van der Waals surface area contributed by atoms with Gasteiger partial charge in [0.25, 0.3) is 0 Å². The van der Waals surface area contributed by atoms with Crippen molar-refractivity contribution in [3.05, 3.63) is 0 Å². The van der Waals surface area contributed by atoms with Crippen LogP contribution in [0.1, 0.15) is 32.1 Å². The number of halogens is 2. The van der Waals surface area contributed by atoms with E-state index in [9.17, 15) is 9.90 Å². The molecule has 0 saturated carbocycles. The summed E-state index contributed by atoms with van der Waals surface area (Å²) in [6.07, 6.45) is 3.40. The molecule has 9 heteroatoms. The van der Waals surface area contributed by atoms with E-state index in [1.807, 2.05) is 0 Å². The number of rotatable bonds is 7. The minimum atomic E-state index is -1.32. The van der Waals surface area contributed by atoms with Crippen LogP contribution in [0, 0.1) is 5.92 Å². The molecular weight excluding hydrogens is 306 g/mol. The van der Waals surface area contributed by atoms with Crippen molar-refractivity contribution in [1.29, 1.82) is 0 Å². The average Bonchev–Trinajstić information content (AvgIpc) is 2.35. The number of nitrogens with two attached hydrogens (primary N) is 1. The van der Waals surface area contributed by atoms with E-state index >= 15 is 0 Å². The van der Waals surface area contributed by atoms with Gasteiger partial charge in [0.1, 0.15) is 5.54 Å². The van der Waals surface area contributed by atoms with Gasteiger partial charge < -0.3 is 26.2 Å². The van der Waals surface area contributed by atoms with Gasteiger partial charge in [-0.05, 0) is 44.6 Å². The highest BCUT2D eigenvalue weighted by molar-refractivity contribution is 6.40. The monoisotopic (exact) mass is 330 g/mol. The van der Waals surface area contributed by atoms with Crippen LogP contribution >= 0.6 is 24.8 Å². The molecule has 1 rings (SSSR count). The molecule has 0 amide bonds. The van der Waals surface area contributed by atoms with Crippen molar-refractivity contribution < 1.29 is 19.9 Å². The number of carboxylic acids is 1. The SMILES string of the molecule is Cl.Cl.NC(CCCCB(O)O)(C(=O)O)C1CCNCC1. The number of hydrogen-bond acceptors (Lipinski definition) is 5. The Bertz CT molecular complexity index is 281. The van der Waals surface area contributed by atoms with Crippen molar-refractivity contribution in [2.45, 2.75) is 44.0 Å². The molecule has 20 heavy (non-hydrogen) atoms. The first-order valence-corrected chi connectivity index (χ1v) is 6.56. The third-order valence-corrected chi connectivity index (χ3v) is 3.77. The summed E-state index contributed by atoms with van der Waals surface area (Å²) in [4.78, 5) is 11.4. The fraction of sp³-hybridized carbons (Fsp3) is 0.909. The highest BCUT2D eigenvalue weighted by Gasteiger charge is 2.41. The van der Waals surface area contributed by atoms with Crippen LogP contribution in [0.25, 0.3) is 0 Å². The quantitative estimate of drug-likeness (QED) is 0.337. The molecule has 120 valence electrons. The minimum absolute atomic E-state index is 0. The Balaban J connectivity index is 0. The summed E-state index contributed by atoms with van der Waals surface area (Å²) in [5, 5.41) is 30.0. The van der Waals surface area contributed by atoms with Crippen LogP contribution in [0.2, 0.25) is 6.32 Å². The van der Waals surface area contributed by atoms with Gasteiger partial charge in [-0.25, -0.2) is 0 Å². The standard InChI is InChI=1S/C11H23BN2O4.2ClH/c13-11(10(15)16,5-1-2-6-12(17)18)9-3-7-14-8-4-9;;/h9,14,17-18H,1-8,13H2,(H,15,16);2*1H. The Morgan fingerprint density at radius 2 is 1.80 bits per heavy atom. The maximum atomic E-state index is 11.4. The number of nitrogens with one attached hydrogen (secondary N) is 1. The van der Waals surface area contributed by atoms with E-state index in [4.69, 9.17) is 15.8 Å².